The molecule has 1 heterocycles. The summed E-state index contributed by atoms with van der Waals surface area (Å²) in [7, 11) is 0. The largest absolute Gasteiger partial charge is 0.348 e. The summed E-state index contributed by atoms with van der Waals surface area (Å²) in [6, 6.07) is 3.76. The van der Waals surface area contributed by atoms with Crippen LogP contribution < -0.4 is 11.1 Å². The topological polar surface area (TPSA) is 72.9 Å². The Labute approximate surface area is 169 Å². The highest BCUT2D eigenvalue weighted by molar-refractivity contribution is 5.94. The summed E-state index contributed by atoms with van der Waals surface area (Å²) in [5, 5.41) is 7.60. The van der Waals surface area contributed by atoms with Gasteiger partial charge in [0.1, 0.15) is 0 Å². The van der Waals surface area contributed by atoms with Gasteiger partial charge in [-0.3, -0.25) is 4.79 Å². The number of nitrogens with zero attached hydrogens (tertiary/aromatic N) is 2. The summed E-state index contributed by atoms with van der Waals surface area (Å²) in [4.78, 5) is 12.9. The Hall–Kier alpha value is -1.99. The lowest BCUT2D eigenvalue weighted by Crippen LogP contribution is -2.45. The van der Waals surface area contributed by atoms with E-state index in [0.29, 0.717) is 23.8 Å². The molecule has 5 nitrogen and oxygen atoms in total. The zero-order valence-electron chi connectivity index (χ0n) is 15.6. The minimum atomic E-state index is -0.922. The predicted octanol–water partition coefficient (Wildman–Crippen LogP) is 3.31. The molecule has 4 rings (SSSR count). The Morgan fingerprint density at radius 3 is 2.71 bits per heavy atom. The lowest BCUT2D eigenvalue weighted by atomic mass is 9.84. The van der Waals surface area contributed by atoms with Crippen molar-refractivity contribution in [1.82, 2.24) is 15.1 Å². The number of fused-ring (bicyclic) bond motifs is 1. The summed E-state index contributed by atoms with van der Waals surface area (Å²) in [5.41, 5.74) is 8.52. The molecule has 152 valence electrons. The van der Waals surface area contributed by atoms with Crippen LogP contribution in [0.5, 0.6) is 0 Å². The third kappa shape index (κ3) is 3.78. The van der Waals surface area contributed by atoms with Crippen molar-refractivity contribution >= 4 is 18.3 Å². The van der Waals surface area contributed by atoms with Gasteiger partial charge in [-0.25, -0.2) is 13.5 Å². The van der Waals surface area contributed by atoms with Crippen LogP contribution in [0.25, 0.3) is 5.69 Å². The van der Waals surface area contributed by atoms with Crippen LogP contribution in [0.15, 0.2) is 18.2 Å². The molecule has 2 atom stereocenters. The molecule has 1 aromatic carbocycles. The number of carbonyl (C=O) groups is 1. The minimum absolute atomic E-state index is 0. The first kappa shape index (κ1) is 20.7. The van der Waals surface area contributed by atoms with Gasteiger partial charge in [-0.05, 0) is 56.7 Å². The standard InChI is InChI=1S/C20H24F2N4O.ClH/c21-15-9-8-13(10-16(15)22)26-18-7-3-5-14(18)19(25-26)20(27)24-17-6-2-1-4-12(17)11-23;/h8-10,12,17H,1-7,11,23H2,(H,24,27);1H. The molecule has 28 heavy (non-hydrogen) atoms. The number of halogens is 3. The molecule has 1 saturated carbocycles. The van der Waals surface area contributed by atoms with Gasteiger partial charge < -0.3 is 11.1 Å². The molecule has 0 spiro atoms. The summed E-state index contributed by atoms with van der Waals surface area (Å²) in [5.74, 6) is -1.72. The van der Waals surface area contributed by atoms with Gasteiger partial charge in [-0.15, -0.1) is 12.4 Å². The van der Waals surface area contributed by atoms with Crippen LogP contribution in [0.2, 0.25) is 0 Å². The molecule has 8 heteroatoms. The van der Waals surface area contributed by atoms with E-state index in [1.807, 2.05) is 0 Å². The van der Waals surface area contributed by atoms with Gasteiger partial charge in [0, 0.05) is 23.4 Å². The van der Waals surface area contributed by atoms with Crippen LogP contribution in [-0.4, -0.2) is 28.3 Å². The van der Waals surface area contributed by atoms with E-state index in [4.69, 9.17) is 5.73 Å². The number of hydrogen-bond donors (Lipinski definition) is 2. The fraction of sp³-hybridized carbons (Fsp3) is 0.500. The molecule has 1 amide bonds. The van der Waals surface area contributed by atoms with Gasteiger partial charge in [-0.2, -0.15) is 5.10 Å². The van der Waals surface area contributed by atoms with Crippen LogP contribution in [0.1, 0.15) is 53.8 Å². The average Bonchev–Trinajstić information content (AvgIpc) is 3.27. The van der Waals surface area contributed by atoms with E-state index in [-0.39, 0.29) is 24.4 Å². The third-order valence-corrected chi connectivity index (χ3v) is 5.82. The second-order valence-electron chi connectivity index (χ2n) is 7.50. The van der Waals surface area contributed by atoms with Crippen LogP contribution in [0, 0.1) is 17.6 Å². The number of nitrogens with one attached hydrogen (secondary N) is 1. The Morgan fingerprint density at radius 1 is 1.18 bits per heavy atom. The predicted molar refractivity (Wildman–Crippen MR) is 105 cm³/mol. The van der Waals surface area contributed by atoms with Crippen molar-refractivity contribution in [3.05, 3.63) is 46.8 Å². The van der Waals surface area contributed by atoms with Crippen LogP contribution in [0.3, 0.4) is 0 Å². The van der Waals surface area contributed by atoms with E-state index in [0.717, 1.165) is 68.3 Å². The van der Waals surface area contributed by atoms with Crippen LogP contribution in [-0.2, 0) is 12.8 Å². The maximum atomic E-state index is 13.7. The van der Waals surface area contributed by atoms with E-state index in [9.17, 15) is 13.6 Å². The summed E-state index contributed by atoms with van der Waals surface area (Å²) in [6.07, 6.45) is 6.65. The number of benzene rings is 1. The molecule has 1 fully saturated rings. The van der Waals surface area contributed by atoms with E-state index < -0.39 is 11.6 Å². The Morgan fingerprint density at radius 2 is 1.96 bits per heavy atom. The second kappa shape index (κ2) is 8.57. The van der Waals surface area contributed by atoms with Gasteiger partial charge >= 0.3 is 0 Å². The van der Waals surface area contributed by atoms with Gasteiger partial charge in [0.05, 0.1) is 5.69 Å². The van der Waals surface area contributed by atoms with Gasteiger partial charge in [0.2, 0.25) is 0 Å². The molecular weight excluding hydrogens is 386 g/mol. The Balaban J connectivity index is 0.00000225. The van der Waals surface area contributed by atoms with Crippen molar-refractivity contribution in [3.8, 4) is 5.69 Å². The smallest absolute Gasteiger partial charge is 0.272 e. The molecule has 0 saturated heterocycles. The Bertz CT molecular complexity index is 870. The summed E-state index contributed by atoms with van der Waals surface area (Å²) >= 11 is 0. The van der Waals surface area contributed by atoms with Gasteiger partial charge in [0.25, 0.3) is 5.91 Å². The first-order chi connectivity index (χ1) is 13.1. The zero-order valence-corrected chi connectivity index (χ0v) is 16.4. The van der Waals surface area contributed by atoms with Crippen molar-refractivity contribution in [3.63, 3.8) is 0 Å². The molecule has 0 bridgehead atoms. The monoisotopic (exact) mass is 410 g/mol. The quantitative estimate of drug-likeness (QED) is 0.812. The average molecular weight is 411 g/mol. The van der Waals surface area contributed by atoms with Crippen LogP contribution >= 0.6 is 12.4 Å². The zero-order chi connectivity index (χ0) is 19.0. The molecule has 2 aliphatic carbocycles. The Kier molecular flexibility index (Phi) is 6.35. The van der Waals surface area contributed by atoms with Crippen molar-refractivity contribution < 1.29 is 13.6 Å². The second-order valence-corrected chi connectivity index (χ2v) is 7.50. The lowest BCUT2D eigenvalue weighted by molar-refractivity contribution is 0.0901. The highest BCUT2D eigenvalue weighted by atomic mass is 35.5. The minimum Gasteiger partial charge on any atom is -0.348 e. The van der Waals surface area contributed by atoms with Crippen molar-refractivity contribution in [2.75, 3.05) is 6.54 Å². The summed E-state index contributed by atoms with van der Waals surface area (Å²) < 4.78 is 28.5. The van der Waals surface area contributed by atoms with Gasteiger partial charge in [0.15, 0.2) is 17.3 Å². The molecule has 0 radical (unpaired) electrons. The fourth-order valence-corrected chi connectivity index (χ4v) is 4.37. The van der Waals surface area contributed by atoms with E-state index in [1.54, 1.807) is 4.68 Å². The fourth-order valence-electron chi connectivity index (χ4n) is 4.37. The maximum absolute atomic E-state index is 13.7. The first-order valence-electron chi connectivity index (χ1n) is 9.65. The van der Waals surface area contributed by atoms with Gasteiger partial charge in [-0.1, -0.05) is 12.8 Å². The lowest BCUT2D eigenvalue weighted by Gasteiger charge is -2.31. The van der Waals surface area contributed by atoms with E-state index in [2.05, 4.69) is 10.4 Å². The maximum Gasteiger partial charge on any atom is 0.272 e. The number of hydrogen-bond acceptors (Lipinski definition) is 3. The molecule has 2 aliphatic rings. The molecule has 3 N–H and O–H groups in total. The van der Waals surface area contributed by atoms with Crippen molar-refractivity contribution in [2.45, 2.75) is 51.0 Å². The van der Waals surface area contributed by atoms with Crippen LogP contribution in [0.4, 0.5) is 8.78 Å². The van der Waals surface area contributed by atoms with Crippen molar-refractivity contribution in [2.24, 2.45) is 11.7 Å². The van der Waals surface area contributed by atoms with Crippen molar-refractivity contribution in [1.29, 1.82) is 0 Å². The third-order valence-electron chi connectivity index (χ3n) is 5.82. The number of nitrogens with two attached hydrogens (primary N) is 1. The number of carbonyl (C=O) groups excluding carboxylic acids is 1. The van der Waals surface area contributed by atoms with E-state index >= 15 is 0 Å². The molecule has 2 unspecified atom stereocenters. The number of rotatable bonds is 4. The number of amides is 1. The molecule has 0 aliphatic heterocycles. The highest BCUT2D eigenvalue weighted by Crippen LogP contribution is 2.29. The molecule has 1 aromatic heterocycles. The number of aromatic nitrogens is 2. The normalized spacial score (nSPS) is 21.1. The first-order valence-corrected chi connectivity index (χ1v) is 9.65. The molecular formula is C20H25ClF2N4O. The van der Waals surface area contributed by atoms with E-state index in [1.165, 1.54) is 6.07 Å². The molecule has 2 aromatic rings. The highest BCUT2D eigenvalue weighted by Gasteiger charge is 2.31. The SMILES string of the molecule is Cl.NCC1CCCCC1NC(=O)c1nn(-c2ccc(F)c(F)c2)c2c1CCC2. The summed E-state index contributed by atoms with van der Waals surface area (Å²) in [6.45, 7) is 0.562.